The maximum Gasteiger partial charge on any atom is 0.321 e. The molecule has 1 aromatic carbocycles. The van der Waals surface area contributed by atoms with E-state index in [9.17, 15) is 4.79 Å². The summed E-state index contributed by atoms with van der Waals surface area (Å²) in [6.07, 6.45) is 0.887. The summed E-state index contributed by atoms with van der Waals surface area (Å²) in [5.74, 6) is -0.670. The molecule has 3 nitrogen and oxygen atoms in total. The molecule has 1 fully saturated rings. The van der Waals surface area contributed by atoms with Gasteiger partial charge in [0.1, 0.15) is 6.04 Å². The highest BCUT2D eigenvalue weighted by molar-refractivity contribution is 9.10. The summed E-state index contributed by atoms with van der Waals surface area (Å²) >= 11 is 3.37. The summed E-state index contributed by atoms with van der Waals surface area (Å²) in [6, 6.07) is 7.43. The first kappa shape index (κ1) is 13.5. The monoisotopic (exact) mass is 305 g/mol. The average Bonchev–Trinajstić information content (AvgIpc) is 2.67. The van der Waals surface area contributed by atoms with E-state index in [-0.39, 0.29) is 18.3 Å². The molecule has 0 aliphatic carbocycles. The first-order chi connectivity index (χ1) is 7.18. The van der Waals surface area contributed by atoms with Crippen molar-refractivity contribution in [1.82, 2.24) is 5.32 Å². The number of carboxylic acids is 1. The van der Waals surface area contributed by atoms with Gasteiger partial charge in [0, 0.05) is 10.4 Å². The van der Waals surface area contributed by atoms with E-state index < -0.39 is 12.0 Å². The zero-order chi connectivity index (χ0) is 10.8. The standard InChI is InChI=1S/C11H12BrNO2.ClH/c12-8-3-1-7(2-4-8)9-5-6-13-10(9)11(14)15;/h1-4,9-10,13H,5-6H2,(H,14,15);1H. The third kappa shape index (κ3) is 2.75. The molecule has 0 saturated carbocycles. The SMILES string of the molecule is Cl.O=C(O)C1NCCC1c1ccc(Br)cc1. The first-order valence-electron chi connectivity index (χ1n) is 4.90. The molecule has 2 unspecified atom stereocenters. The number of halogens is 2. The van der Waals surface area contributed by atoms with Crippen LogP contribution in [-0.4, -0.2) is 23.7 Å². The van der Waals surface area contributed by atoms with Crippen molar-refractivity contribution in [2.45, 2.75) is 18.4 Å². The summed E-state index contributed by atoms with van der Waals surface area (Å²) in [7, 11) is 0. The lowest BCUT2D eigenvalue weighted by Gasteiger charge is -2.15. The molecule has 1 heterocycles. The number of nitrogens with one attached hydrogen (secondary N) is 1. The highest BCUT2D eigenvalue weighted by Crippen LogP contribution is 2.28. The molecule has 2 atom stereocenters. The second kappa shape index (κ2) is 5.66. The molecule has 0 aromatic heterocycles. The topological polar surface area (TPSA) is 49.3 Å². The van der Waals surface area contributed by atoms with Crippen LogP contribution in [0.25, 0.3) is 0 Å². The Morgan fingerprint density at radius 1 is 1.38 bits per heavy atom. The zero-order valence-electron chi connectivity index (χ0n) is 8.52. The maximum atomic E-state index is 11.0. The van der Waals surface area contributed by atoms with E-state index in [0.29, 0.717) is 0 Å². The first-order valence-corrected chi connectivity index (χ1v) is 5.69. The Balaban J connectivity index is 0.00000128. The van der Waals surface area contributed by atoms with E-state index in [2.05, 4.69) is 21.2 Å². The number of benzene rings is 1. The van der Waals surface area contributed by atoms with Gasteiger partial charge in [-0.2, -0.15) is 0 Å². The van der Waals surface area contributed by atoms with E-state index in [1.807, 2.05) is 24.3 Å². The lowest BCUT2D eigenvalue weighted by Crippen LogP contribution is -2.34. The van der Waals surface area contributed by atoms with Gasteiger partial charge in [0.2, 0.25) is 0 Å². The number of hydrogen-bond acceptors (Lipinski definition) is 2. The van der Waals surface area contributed by atoms with Crippen molar-refractivity contribution >= 4 is 34.3 Å². The summed E-state index contributed by atoms with van der Waals surface area (Å²) < 4.78 is 1.02. The second-order valence-corrected chi connectivity index (χ2v) is 4.63. The van der Waals surface area contributed by atoms with Gasteiger partial charge in [0.25, 0.3) is 0 Å². The molecule has 0 radical (unpaired) electrons. The summed E-state index contributed by atoms with van der Waals surface area (Å²) in [6.45, 7) is 0.775. The van der Waals surface area contributed by atoms with Crippen molar-refractivity contribution in [3.05, 3.63) is 34.3 Å². The number of hydrogen-bond donors (Lipinski definition) is 2. The fraction of sp³-hybridized carbons (Fsp3) is 0.364. The van der Waals surface area contributed by atoms with Crippen LogP contribution in [0, 0.1) is 0 Å². The van der Waals surface area contributed by atoms with Crippen LogP contribution in [0.3, 0.4) is 0 Å². The predicted molar refractivity (Wildman–Crippen MR) is 68.2 cm³/mol. The minimum Gasteiger partial charge on any atom is -0.480 e. The van der Waals surface area contributed by atoms with E-state index in [0.717, 1.165) is 23.0 Å². The number of carboxylic acid groups (broad SMARTS) is 1. The van der Waals surface area contributed by atoms with Crippen molar-refractivity contribution in [2.75, 3.05) is 6.54 Å². The van der Waals surface area contributed by atoms with Crippen molar-refractivity contribution < 1.29 is 9.90 Å². The van der Waals surface area contributed by atoms with Crippen molar-refractivity contribution in [1.29, 1.82) is 0 Å². The lowest BCUT2D eigenvalue weighted by atomic mass is 9.92. The Bertz CT molecular complexity index is 369. The third-order valence-corrected chi connectivity index (χ3v) is 3.31. The normalized spacial score (nSPS) is 23.8. The van der Waals surface area contributed by atoms with Crippen LogP contribution in [0.4, 0.5) is 0 Å². The smallest absolute Gasteiger partial charge is 0.321 e. The number of rotatable bonds is 2. The van der Waals surface area contributed by atoms with Crippen LogP contribution in [0.2, 0.25) is 0 Å². The fourth-order valence-electron chi connectivity index (χ4n) is 2.03. The third-order valence-electron chi connectivity index (χ3n) is 2.79. The molecule has 1 aliphatic rings. The Morgan fingerprint density at radius 3 is 2.56 bits per heavy atom. The molecule has 88 valence electrons. The van der Waals surface area contributed by atoms with Crippen LogP contribution in [0.1, 0.15) is 17.9 Å². The molecule has 2 rings (SSSR count). The molecule has 0 amide bonds. The Hall–Kier alpha value is -0.580. The predicted octanol–water partition coefficient (Wildman–Crippen LogP) is 2.40. The van der Waals surface area contributed by atoms with E-state index in [4.69, 9.17) is 5.11 Å². The highest BCUT2D eigenvalue weighted by Gasteiger charge is 2.33. The van der Waals surface area contributed by atoms with Gasteiger partial charge < -0.3 is 10.4 Å². The molecule has 2 N–H and O–H groups in total. The van der Waals surface area contributed by atoms with Crippen LogP contribution >= 0.6 is 28.3 Å². The van der Waals surface area contributed by atoms with Crippen molar-refractivity contribution in [3.63, 3.8) is 0 Å². The molecular formula is C11H13BrClNO2. The minimum atomic E-state index is -0.764. The van der Waals surface area contributed by atoms with Gasteiger partial charge in [-0.25, -0.2) is 0 Å². The lowest BCUT2D eigenvalue weighted by molar-refractivity contribution is -0.139. The molecule has 1 saturated heterocycles. The largest absolute Gasteiger partial charge is 0.480 e. The fourth-order valence-corrected chi connectivity index (χ4v) is 2.30. The van der Waals surface area contributed by atoms with E-state index >= 15 is 0 Å². The van der Waals surface area contributed by atoms with Crippen LogP contribution in [-0.2, 0) is 4.79 Å². The highest BCUT2D eigenvalue weighted by atomic mass is 79.9. The van der Waals surface area contributed by atoms with E-state index in [1.54, 1.807) is 0 Å². The Labute approximate surface area is 109 Å². The van der Waals surface area contributed by atoms with Gasteiger partial charge in [-0.05, 0) is 30.7 Å². The van der Waals surface area contributed by atoms with Crippen LogP contribution in [0.5, 0.6) is 0 Å². The van der Waals surface area contributed by atoms with Gasteiger partial charge in [0.05, 0.1) is 0 Å². The van der Waals surface area contributed by atoms with E-state index in [1.165, 1.54) is 0 Å². The molecule has 0 spiro atoms. The molecule has 0 bridgehead atoms. The zero-order valence-corrected chi connectivity index (χ0v) is 10.9. The van der Waals surface area contributed by atoms with Gasteiger partial charge >= 0.3 is 5.97 Å². The summed E-state index contributed by atoms with van der Waals surface area (Å²) in [5.41, 5.74) is 1.09. The van der Waals surface area contributed by atoms with Crippen LogP contribution < -0.4 is 5.32 Å². The molecular weight excluding hydrogens is 293 g/mol. The summed E-state index contributed by atoms with van der Waals surface area (Å²) in [5, 5.41) is 12.0. The molecule has 16 heavy (non-hydrogen) atoms. The molecule has 5 heteroatoms. The quantitative estimate of drug-likeness (QED) is 0.882. The number of carbonyl (C=O) groups is 1. The maximum absolute atomic E-state index is 11.0. The van der Waals surface area contributed by atoms with Gasteiger partial charge in [-0.1, -0.05) is 28.1 Å². The van der Waals surface area contributed by atoms with Crippen molar-refractivity contribution in [3.8, 4) is 0 Å². The van der Waals surface area contributed by atoms with Crippen LogP contribution in [0.15, 0.2) is 28.7 Å². The second-order valence-electron chi connectivity index (χ2n) is 3.72. The van der Waals surface area contributed by atoms with Gasteiger partial charge in [0.15, 0.2) is 0 Å². The minimum absolute atomic E-state index is 0. The molecule has 1 aromatic rings. The molecule has 1 aliphatic heterocycles. The number of aliphatic carboxylic acids is 1. The van der Waals surface area contributed by atoms with Gasteiger partial charge in [-0.3, -0.25) is 4.79 Å². The Morgan fingerprint density at radius 2 is 2.00 bits per heavy atom. The van der Waals surface area contributed by atoms with Gasteiger partial charge in [-0.15, -0.1) is 12.4 Å². The Kier molecular flexibility index (Phi) is 4.77. The van der Waals surface area contributed by atoms with Crippen molar-refractivity contribution in [2.24, 2.45) is 0 Å². The average molecular weight is 307 g/mol. The summed E-state index contributed by atoms with van der Waals surface area (Å²) in [4.78, 5) is 11.0.